The highest BCUT2D eigenvalue weighted by Gasteiger charge is 2.30. The fourth-order valence-corrected chi connectivity index (χ4v) is 3.10. The smallest absolute Gasteiger partial charge is 0.355 e. The highest BCUT2D eigenvalue weighted by molar-refractivity contribution is 6.31. The summed E-state index contributed by atoms with van der Waals surface area (Å²) in [6.07, 6.45) is 6.37. The molecule has 142 valence electrons. The van der Waals surface area contributed by atoms with E-state index in [1.54, 1.807) is 57.2 Å². The Kier molecular flexibility index (Phi) is 6.96. The summed E-state index contributed by atoms with van der Waals surface area (Å²) in [7, 11) is 0. The van der Waals surface area contributed by atoms with Crippen molar-refractivity contribution in [2.24, 2.45) is 0 Å². The molecule has 7 heteroatoms. The number of hydrogen-bond acceptors (Lipinski definition) is 4. The number of esters is 1. The molecule has 0 bridgehead atoms. The number of carbonyl (C=O) groups is 3. The standard InChI is InChI=1S/C20H21ClN2O4/c1-4-7-14(5-2)23(12-25)17(11-24)18-15-9-8-13(21)10-16(15)22-19(18)20(26)27-6-3/h4-5,7-12,17,22H,6H2,1-3H3/b7-4-,14-5+. The summed E-state index contributed by atoms with van der Waals surface area (Å²) in [5.41, 5.74) is 1.59. The van der Waals surface area contributed by atoms with E-state index in [4.69, 9.17) is 16.3 Å². The molecule has 1 amide bonds. The average Bonchev–Trinajstić information content (AvgIpc) is 3.03. The quantitative estimate of drug-likeness (QED) is 0.418. The summed E-state index contributed by atoms with van der Waals surface area (Å²) in [6.45, 7) is 5.43. The first-order valence-electron chi connectivity index (χ1n) is 8.48. The van der Waals surface area contributed by atoms with Crippen molar-refractivity contribution < 1.29 is 19.1 Å². The first-order chi connectivity index (χ1) is 13.0. The van der Waals surface area contributed by atoms with E-state index in [1.807, 2.05) is 0 Å². The molecule has 0 aliphatic carbocycles. The van der Waals surface area contributed by atoms with Gasteiger partial charge < -0.3 is 19.4 Å². The monoisotopic (exact) mass is 388 g/mol. The van der Waals surface area contributed by atoms with Crippen LogP contribution in [0.3, 0.4) is 0 Å². The zero-order valence-electron chi connectivity index (χ0n) is 15.4. The molecular formula is C20H21ClN2O4. The van der Waals surface area contributed by atoms with Crippen LogP contribution in [0.15, 0.2) is 42.1 Å². The number of allylic oxidation sites excluding steroid dienone is 3. The molecule has 27 heavy (non-hydrogen) atoms. The van der Waals surface area contributed by atoms with Gasteiger partial charge in [-0.25, -0.2) is 4.79 Å². The summed E-state index contributed by atoms with van der Waals surface area (Å²) in [5.74, 6) is -0.606. The summed E-state index contributed by atoms with van der Waals surface area (Å²) in [6, 6.07) is 4.00. The van der Waals surface area contributed by atoms with Gasteiger partial charge in [0.1, 0.15) is 18.0 Å². The van der Waals surface area contributed by atoms with Crippen LogP contribution < -0.4 is 0 Å². The fourth-order valence-electron chi connectivity index (χ4n) is 2.92. The van der Waals surface area contributed by atoms with Crippen LogP contribution in [0.25, 0.3) is 10.9 Å². The molecule has 0 fully saturated rings. The molecule has 0 saturated heterocycles. The number of carbonyl (C=O) groups excluding carboxylic acids is 3. The van der Waals surface area contributed by atoms with Crippen molar-refractivity contribution in [1.29, 1.82) is 0 Å². The van der Waals surface area contributed by atoms with E-state index in [1.165, 1.54) is 4.90 Å². The Balaban J connectivity index is 2.75. The van der Waals surface area contributed by atoms with Gasteiger partial charge in [0, 0.05) is 27.2 Å². The Hall–Kier alpha value is -2.86. The van der Waals surface area contributed by atoms with Crippen molar-refractivity contribution in [3.63, 3.8) is 0 Å². The number of nitrogens with zero attached hydrogens (tertiary/aromatic N) is 1. The van der Waals surface area contributed by atoms with Crippen LogP contribution in [0, 0.1) is 0 Å². The molecule has 0 spiro atoms. The van der Waals surface area contributed by atoms with Crippen LogP contribution in [0.1, 0.15) is 42.9 Å². The van der Waals surface area contributed by atoms with Gasteiger partial charge in [0.2, 0.25) is 6.41 Å². The van der Waals surface area contributed by atoms with Crippen molar-refractivity contribution in [2.45, 2.75) is 26.8 Å². The van der Waals surface area contributed by atoms with Gasteiger partial charge in [0.15, 0.2) is 0 Å². The summed E-state index contributed by atoms with van der Waals surface area (Å²) in [4.78, 5) is 40.6. The van der Waals surface area contributed by atoms with E-state index in [9.17, 15) is 14.4 Å². The molecule has 1 heterocycles. The number of amides is 1. The van der Waals surface area contributed by atoms with Crippen molar-refractivity contribution in [3.05, 3.63) is 58.4 Å². The lowest BCUT2D eigenvalue weighted by Gasteiger charge is -2.25. The normalized spacial score (nSPS) is 13.0. The van der Waals surface area contributed by atoms with Gasteiger partial charge in [-0.05, 0) is 39.0 Å². The van der Waals surface area contributed by atoms with Crippen LogP contribution in [0.2, 0.25) is 5.02 Å². The minimum Gasteiger partial charge on any atom is -0.461 e. The van der Waals surface area contributed by atoms with E-state index in [0.717, 1.165) is 0 Å². The molecule has 6 nitrogen and oxygen atoms in total. The zero-order valence-corrected chi connectivity index (χ0v) is 16.1. The van der Waals surface area contributed by atoms with Crippen molar-refractivity contribution >= 4 is 41.2 Å². The van der Waals surface area contributed by atoms with Crippen molar-refractivity contribution in [1.82, 2.24) is 9.88 Å². The van der Waals surface area contributed by atoms with Crippen LogP contribution in [-0.2, 0) is 14.3 Å². The number of ether oxygens (including phenoxy) is 1. The Bertz CT molecular complexity index is 914. The van der Waals surface area contributed by atoms with E-state index in [-0.39, 0.29) is 12.3 Å². The predicted octanol–water partition coefficient (Wildman–Crippen LogP) is 4.18. The van der Waals surface area contributed by atoms with Crippen LogP contribution in [0.4, 0.5) is 0 Å². The van der Waals surface area contributed by atoms with Crippen LogP contribution in [0.5, 0.6) is 0 Å². The Morgan fingerprint density at radius 3 is 2.63 bits per heavy atom. The minimum atomic E-state index is -1.01. The van der Waals surface area contributed by atoms with E-state index >= 15 is 0 Å². The predicted molar refractivity (Wildman–Crippen MR) is 105 cm³/mol. The summed E-state index contributed by atoms with van der Waals surface area (Å²) < 4.78 is 5.12. The van der Waals surface area contributed by atoms with E-state index in [2.05, 4.69) is 4.98 Å². The first kappa shape index (κ1) is 20.5. The molecule has 1 atom stereocenters. The number of benzene rings is 1. The third-order valence-corrected chi connectivity index (χ3v) is 4.28. The lowest BCUT2D eigenvalue weighted by atomic mass is 10.0. The van der Waals surface area contributed by atoms with Gasteiger partial charge >= 0.3 is 5.97 Å². The second kappa shape index (κ2) is 9.19. The maximum Gasteiger partial charge on any atom is 0.355 e. The largest absolute Gasteiger partial charge is 0.461 e. The number of aromatic nitrogens is 1. The number of fused-ring (bicyclic) bond motifs is 1. The average molecular weight is 389 g/mol. The number of nitrogens with one attached hydrogen (secondary N) is 1. The molecule has 2 rings (SSSR count). The number of halogens is 1. The number of rotatable bonds is 8. The zero-order chi connectivity index (χ0) is 20.0. The SMILES string of the molecule is C/C=C\C(=C/C)N(C=O)C(C=O)c1c(C(=O)OCC)[nH]c2cc(Cl)ccc12. The lowest BCUT2D eigenvalue weighted by Crippen LogP contribution is -2.28. The van der Waals surface area contributed by atoms with Gasteiger partial charge in [0.05, 0.1) is 6.61 Å². The molecule has 0 radical (unpaired) electrons. The van der Waals surface area contributed by atoms with Gasteiger partial charge in [-0.2, -0.15) is 0 Å². The van der Waals surface area contributed by atoms with E-state index in [0.29, 0.717) is 39.9 Å². The van der Waals surface area contributed by atoms with Gasteiger partial charge in [-0.1, -0.05) is 29.8 Å². The van der Waals surface area contributed by atoms with Crippen LogP contribution in [-0.4, -0.2) is 35.2 Å². The molecule has 2 aromatic rings. The van der Waals surface area contributed by atoms with Crippen molar-refractivity contribution in [2.75, 3.05) is 6.61 Å². The minimum absolute atomic E-state index is 0.119. The number of H-pyrrole nitrogens is 1. The molecule has 0 aliphatic rings. The number of aromatic amines is 1. The second-order valence-corrected chi connectivity index (χ2v) is 6.07. The van der Waals surface area contributed by atoms with Gasteiger partial charge in [0.25, 0.3) is 0 Å². The number of aldehydes is 1. The first-order valence-corrected chi connectivity index (χ1v) is 8.86. The van der Waals surface area contributed by atoms with Crippen LogP contribution >= 0.6 is 11.6 Å². The molecule has 0 aliphatic heterocycles. The molecule has 1 unspecified atom stereocenters. The number of hydrogen-bond donors (Lipinski definition) is 1. The topological polar surface area (TPSA) is 79.5 Å². The second-order valence-electron chi connectivity index (χ2n) is 5.63. The highest BCUT2D eigenvalue weighted by atomic mass is 35.5. The third kappa shape index (κ3) is 4.11. The molecule has 0 saturated carbocycles. The third-order valence-electron chi connectivity index (χ3n) is 4.05. The maximum absolute atomic E-state index is 12.5. The molecule has 1 N–H and O–H groups in total. The Morgan fingerprint density at radius 1 is 1.33 bits per heavy atom. The lowest BCUT2D eigenvalue weighted by molar-refractivity contribution is -0.123. The maximum atomic E-state index is 12.5. The van der Waals surface area contributed by atoms with Crippen molar-refractivity contribution in [3.8, 4) is 0 Å². The highest BCUT2D eigenvalue weighted by Crippen LogP contribution is 2.34. The molecule has 1 aromatic heterocycles. The van der Waals surface area contributed by atoms with Gasteiger partial charge in [-0.3, -0.25) is 4.79 Å². The Labute approximate surface area is 162 Å². The Morgan fingerprint density at radius 2 is 2.07 bits per heavy atom. The summed E-state index contributed by atoms with van der Waals surface area (Å²) >= 11 is 6.05. The summed E-state index contributed by atoms with van der Waals surface area (Å²) in [5, 5.41) is 1.09. The van der Waals surface area contributed by atoms with Gasteiger partial charge in [-0.15, -0.1) is 0 Å². The molecular weight excluding hydrogens is 368 g/mol. The molecule has 1 aromatic carbocycles. The fraction of sp³-hybridized carbons (Fsp3) is 0.250. The van der Waals surface area contributed by atoms with E-state index < -0.39 is 12.0 Å².